The third kappa shape index (κ3) is 3.86. The molecule has 0 spiro atoms. The second-order valence-corrected chi connectivity index (χ2v) is 8.79. The minimum atomic E-state index is -0.221. The molecule has 1 N–H and O–H groups in total. The van der Waals surface area contributed by atoms with Crippen LogP contribution in [0.25, 0.3) is 21.9 Å². The number of amides is 1. The van der Waals surface area contributed by atoms with Crippen LogP contribution in [0.15, 0.2) is 77.9 Å². The molecule has 0 aliphatic rings. The van der Waals surface area contributed by atoms with Gasteiger partial charge in [-0.2, -0.15) is 0 Å². The van der Waals surface area contributed by atoms with Crippen molar-refractivity contribution < 1.29 is 4.79 Å². The fourth-order valence-electron chi connectivity index (χ4n) is 4.37. The van der Waals surface area contributed by atoms with Crippen LogP contribution in [0.2, 0.25) is 5.02 Å². The zero-order chi connectivity index (χ0) is 23.8. The molecule has 6 nitrogen and oxygen atoms in total. The van der Waals surface area contributed by atoms with Crippen molar-refractivity contribution in [1.82, 2.24) is 14.1 Å². The second kappa shape index (κ2) is 8.80. The first-order valence-corrected chi connectivity index (χ1v) is 11.4. The number of halogens is 1. The number of aromatic nitrogens is 3. The molecule has 7 heteroatoms. The average molecular weight is 471 g/mol. The molecule has 2 aromatic heterocycles. The van der Waals surface area contributed by atoms with Crippen molar-refractivity contribution in [3.63, 3.8) is 0 Å². The summed E-state index contributed by atoms with van der Waals surface area (Å²) in [4.78, 5) is 31.3. The molecular formula is C27H23ClN4O2. The summed E-state index contributed by atoms with van der Waals surface area (Å²) in [6.07, 6.45) is 1.54. The molecule has 3 aromatic carbocycles. The Morgan fingerprint density at radius 1 is 0.971 bits per heavy atom. The lowest BCUT2D eigenvalue weighted by atomic mass is 10.1. The summed E-state index contributed by atoms with van der Waals surface area (Å²) >= 11 is 6.32. The highest BCUT2D eigenvalue weighted by Gasteiger charge is 2.19. The number of anilines is 1. The van der Waals surface area contributed by atoms with E-state index in [1.54, 1.807) is 17.0 Å². The Morgan fingerprint density at radius 3 is 2.44 bits per heavy atom. The van der Waals surface area contributed by atoms with Crippen LogP contribution in [0.3, 0.4) is 0 Å². The summed E-state index contributed by atoms with van der Waals surface area (Å²) in [7, 11) is 0. The Morgan fingerprint density at radius 2 is 1.68 bits per heavy atom. The van der Waals surface area contributed by atoms with Gasteiger partial charge in [-0.3, -0.25) is 14.2 Å². The third-order valence-electron chi connectivity index (χ3n) is 6.08. The summed E-state index contributed by atoms with van der Waals surface area (Å²) in [5.74, 6) is -0.207. The number of para-hydroxylation sites is 2. The van der Waals surface area contributed by atoms with Gasteiger partial charge in [0.05, 0.1) is 18.4 Å². The number of carbonyl (C=O) groups is 1. The molecule has 0 unspecified atom stereocenters. The summed E-state index contributed by atoms with van der Waals surface area (Å²) in [5, 5.41) is 4.44. The van der Waals surface area contributed by atoms with E-state index in [0.29, 0.717) is 16.1 Å². The fourth-order valence-corrected chi connectivity index (χ4v) is 4.57. The van der Waals surface area contributed by atoms with Crippen LogP contribution < -0.4 is 10.9 Å². The summed E-state index contributed by atoms with van der Waals surface area (Å²) in [6, 6.07) is 20.9. The number of aryl methyl sites for hydroxylation is 2. The van der Waals surface area contributed by atoms with E-state index in [4.69, 9.17) is 11.6 Å². The summed E-state index contributed by atoms with van der Waals surface area (Å²) in [5.41, 5.74) is 5.13. The number of hydrogen-bond donors (Lipinski definition) is 1. The molecule has 0 atom stereocenters. The van der Waals surface area contributed by atoms with Gasteiger partial charge in [0, 0.05) is 16.1 Å². The second-order valence-electron chi connectivity index (χ2n) is 8.38. The first-order valence-electron chi connectivity index (χ1n) is 11.0. The Hall–Kier alpha value is -3.90. The van der Waals surface area contributed by atoms with E-state index < -0.39 is 0 Å². The quantitative estimate of drug-likeness (QED) is 0.378. The largest absolute Gasteiger partial charge is 0.325 e. The highest BCUT2D eigenvalue weighted by molar-refractivity contribution is 6.31. The van der Waals surface area contributed by atoms with Crippen molar-refractivity contribution in [2.24, 2.45) is 0 Å². The minimum Gasteiger partial charge on any atom is -0.325 e. The van der Waals surface area contributed by atoms with Gasteiger partial charge in [0.2, 0.25) is 5.91 Å². The molecule has 0 aliphatic carbocycles. The van der Waals surface area contributed by atoms with Gasteiger partial charge in [0.1, 0.15) is 17.6 Å². The van der Waals surface area contributed by atoms with E-state index in [0.717, 1.165) is 33.3 Å². The lowest BCUT2D eigenvalue weighted by Crippen LogP contribution is -2.26. The monoisotopic (exact) mass is 470 g/mol. The molecule has 2 heterocycles. The molecule has 170 valence electrons. The number of nitrogens with zero attached hydrogens (tertiary/aromatic N) is 3. The number of nitrogens with one attached hydrogen (secondary N) is 1. The maximum Gasteiger partial charge on any atom is 0.278 e. The van der Waals surface area contributed by atoms with Crippen molar-refractivity contribution >= 4 is 45.1 Å². The molecule has 0 saturated heterocycles. The zero-order valence-electron chi connectivity index (χ0n) is 18.9. The fraction of sp³-hybridized carbons (Fsp3) is 0.148. The third-order valence-corrected chi connectivity index (χ3v) is 6.45. The SMILES string of the molecule is Cc1cccc(C)c1NC(=O)Cn1c2ccccc2c2ncn(Cc3ccccc3Cl)c(=O)c21. The molecule has 1 amide bonds. The Balaban J connectivity index is 1.60. The van der Waals surface area contributed by atoms with Gasteiger partial charge in [-0.15, -0.1) is 0 Å². The maximum atomic E-state index is 13.6. The van der Waals surface area contributed by atoms with Gasteiger partial charge in [-0.05, 0) is 42.7 Å². The Bertz CT molecular complexity index is 1600. The van der Waals surface area contributed by atoms with E-state index in [9.17, 15) is 9.59 Å². The van der Waals surface area contributed by atoms with Crippen molar-refractivity contribution in [3.8, 4) is 0 Å². The Kier molecular flexibility index (Phi) is 5.67. The van der Waals surface area contributed by atoms with Gasteiger partial charge in [0.15, 0.2) is 0 Å². The predicted octanol–water partition coefficient (Wildman–Crippen LogP) is 5.31. The molecule has 34 heavy (non-hydrogen) atoms. The Labute approximate surface area is 201 Å². The lowest BCUT2D eigenvalue weighted by Gasteiger charge is -2.13. The van der Waals surface area contributed by atoms with Gasteiger partial charge < -0.3 is 9.88 Å². The van der Waals surface area contributed by atoms with Crippen LogP contribution in [0.5, 0.6) is 0 Å². The van der Waals surface area contributed by atoms with E-state index in [-0.39, 0.29) is 24.6 Å². The molecule has 0 radical (unpaired) electrons. The molecular weight excluding hydrogens is 448 g/mol. The highest BCUT2D eigenvalue weighted by atomic mass is 35.5. The summed E-state index contributed by atoms with van der Waals surface area (Å²) in [6.45, 7) is 4.20. The van der Waals surface area contributed by atoms with Crippen LogP contribution in [-0.2, 0) is 17.9 Å². The molecule has 0 aliphatic heterocycles. The van der Waals surface area contributed by atoms with Crippen molar-refractivity contribution in [1.29, 1.82) is 0 Å². The standard InChI is InChI=1S/C27H23ClN4O2/c1-17-8-7-9-18(2)24(17)30-23(33)15-32-22-13-6-4-11-20(22)25-26(32)27(34)31(16-29-25)14-19-10-3-5-12-21(19)28/h3-13,16H,14-15H2,1-2H3,(H,30,33). The molecule has 0 fully saturated rings. The average Bonchev–Trinajstić information content (AvgIpc) is 3.14. The van der Waals surface area contributed by atoms with Crippen molar-refractivity contribution in [2.75, 3.05) is 5.32 Å². The first-order chi connectivity index (χ1) is 16.4. The molecule has 5 aromatic rings. The number of carbonyl (C=O) groups excluding carboxylic acids is 1. The van der Waals surface area contributed by atoms with E-state index >= 15 is 0 Å². The minimum absolute atomic E-state index is 0.00911. The van der Waals surface area contributed by atoms with Crippen molar-refractivity contribution in [3.05, 3.63) is 105 Å². The van der Waals surface area contributed by atoms with Gasteiger partial charge in [-0.1, -0.05) is 66.2 Å². The normalized spacial score (nSPS) is 11.3. The highest BCUT2D eigenvalue weighted by Crippen LogP contribution is 2.26. The molecule has 0 saturated carbocycles. The predicted molar refractivity (Wildman–Crippen MR) is 137 cm³/mol. The van der Waals surface area contributed by atoms with Crippen LogP contribution in [0, 0.1) is 13.8 Å². The topological polar surface area (TPSA) is 68.9 Å². The van der Waals surface area contributed by atoms with E-state index in [1.165, 1.54) is 4.57 Å². The maximum absolute atomic E-state index is 13.6. The van der Waals surface area contributed by atoms with Gasteiger partial charge >= 0.3 is 0 Å². The van der Waals surface area contributed by atoms with Crippen LogP contribution in [0.1, 0.15) is 16.7 Å². The molecule has 0 bridgehead atoms. The first kappa shape index (κ1) is 21.9. The van der Waals surface area contributed by atoms with E-state index in [1.807, 2.05) is 74.5 Å². The molecule has 5 rings (SSSR count). The summed E-state index contributed by atoms with van der Waals surface area (Å²) < 4.78 is 3.29. The van der Waals surface area contributed by atoms with Gasteiger partial charge in [-0.25, -0.2) is 4.98 Å². The number of fused-ring (bicyclic) bond motifs is 3. The smallest absolute Gasteiger partial charge is 0.278 e. The van der Waals surface area contributed by atoms with Crippen molar-refractivity contribution in [2.45, 2.75) is 26.9 Å². The number of benzene rings is 3. The van der Waals surface area contributed by atoms with Crippen LogP contribution >= 0.6 is 11.6 Å². The van der Waals surface area contributed by atoms with Gasteiger partial charge in [0.25, 0.3) is 5.56 Å². The van der Waals surface area contributed by atoms with E-state index in [2.05, 4.69) is 10.3 Å². The van der Waals surface area contributed by atoms with Crippen LogP contribution in [0.4, 0.5) is 5.69 Å². The number of hydrogen-bond acceptors (Lipinski definition) is 3. The zero-order valence-corrected chi connectivity index (χ0v) is 19.6. The van der Waals surface area contributed by atoms with Crippen LogP contribution in [-0.4, -0.2) is 20.0 Å². The lowest BCUT2D eigenvalue weighted by molar-refractivity contribution is -0.116. The number of rotatable bonds is 5.